The van der Waals surface area contributed by atoms with Crippen LogP contribution in [-0.2, 0) is 45.3 Å². The molecule has 0 aliphatic carbocycles. The molecule has 0 bridgehead atoms. The second-order valence-corrected chi connectivity index (χ2v) is 12.0. The number of hydrogen-bond donors (Lipinski definition) is 0. The molecule has 0 unspecified atom stereocenters. The fraction of sp³-hybridized carbons (Fsp3) is 0.556. The van der Waals surface area contributed by atoms with E-state index in [1.54, 1.807) is 0 Å². The summed E-state index contributed by atoms with van der Waals surface area (Å²) in [5, 5.41) is 24.5. The molecule has 3 aliphatic rings. The normalized spacial score (nSPS) is 13.3. The molecule has 0 atom stereocenters. The van der Waals surface area contributed by atoms with E-state index >= 15 is 0 Å². The molecule has 0 saturated heterocycles. The van der Waals surface area contributed by atoms with Crippen molar-refractivity contribution in [3.8, 4) is 0 Å². The lowest BCUT2D eigenvalue weighted by Crippen LogP contribution is -1.79. The van der Waals surface area contributed by atoms with Crippen LogP contribution in [0.15, 0.2) is 30.7 Å². The highest BCUT2D eigenvalue weighted by atomic mass is 32.1. The minimum atomic E-state index is 0.797. The van der Waals surface area contributed by atoms with Crippen molar-refractivity contribution in [2.24, 2.45) is 30.7 Å². The lowest BCUT2D eigenvalue weighted by Gasteiger charge is -1.90. The summed E-state index contributed by atoms with van der Waals surface area (Å²) in [4.78, 5) is 8.44. The van der Waals surface area contributed by atoms with Crippen LogP contribution in [0.3, 0.4) is 0 Å². The summed E-state index contributed by atoms with van der Waals surface area (Å²) >= 11 is 5.63. The Hall–Kier alpha value is -2.10. The second kappa shape index (κ2) is 13.4. The van der Waals surface area contributed by atoms with Crippen molar-refractivity contribution in [2.75, 3.05) is 0 Å². The Morgan fingerprint density at radius 3 is 1.28 bits per heavy atom. The van der Waals surface area contributed by atoms with Gasteiger partial charge in [-0.15, -0.1) is 34.0 Å². The molecule has 0 fully saturated rings. The third-order valence-electron chi connectivity index (χ3n) is 6.10. The van der Waals surface area contributed by atoms with Crippen LogP contribution in [-0.4, -0.2) is 0 Å². The first-order valence-electron chi connectivity index (χ1n) is 13.0. The van der Waals surface area contributed by atoms with Crippen molar-refractivity contribution in [3.05, 3.63) is 46.0 Å². The molecule has 36 heavy (non-hydrogen) atoms. The molecular weight excluding hydrogens is 505 g/mol. The minimum Gasteiger partial charge on any atom is -0.184 e. The molecular formula is C27H38N6S3. The van der Waals surface area contributed by atoms with Crippen molar-refractivity contribution in [2.45, 2.75) is 101 Å². The lowest BCUT2D eigenvalue weighted by molar-refractivity contribution is 1.01. The molecule has 3 aromatic heterocycles. The zero-order valence-corrected chi connectivity index (χ0v) is 25.3. The molecule has 9 heteroatoms. The van der Waals surface area contributed by atoms with E-state index in [2.05, 4.69) is 72.2 Å². The molecule has 0 N–H and O–H groups in total. The predicted octanol–water partition coefficient (Wildman–Crippen LogP) is 10.9. The number of nitrogens with zero attached hydrogens (tertiary/aromatic N) is 6. The van der Waals surface area contributed by atoms with Gasteiger partial charge in [0.05, 0.1) is 19.6 Å². The Balaban J connectivity index is 0.000000146. The number of thiophene rings is 3. The van der Waals surface area contributed by atoms with E-state index in [4.69, 9.17) is 0 Å². The van der Waals surface area contributed by atoms with E-state index in [9.17, 15) is 0 Å². The van der Waals surface area contributed by atoms with Gasteiger partial charge in [-0.2, -0.15) is 30.7 Å². The first-order valence-corrected chi connectivity index (χ1v) is 15.4. The minimum absolute atomic E-state index is 0.797. The van der Waals surface area contributed by atoms with Crippen molar-refractivity contribution >= 4 is 51.1 Å². The summed E-state index contributed by atoms with van der Waals surface area (Å²) in [5.74, 6) is 0. The number of hydrogen-bond acceptors (Lipinski definition) is 9. The average molecular weight is 543 g/mol. The van der Waals surface area contributed by atoms with Crippen molar-refractivity contribution in [3.63, 3.8) is 0 Å². The van der Waals surface area contributed by atoms with Crippen molar-refractivity contribution in [1.29, 1.82) is 0 Å². The third kappa shape index (κ3) is 5.89. The summed E-state index contributed by atoms with van der Waals surface area (Å²) < 4.78 is 0. The molecule has 0 radical (unpaired) electrons. The fourth-order valence-corrected chi connectivity index (χ4v) is 7.56. The van der Waals surface area contributed by atoms with E-state index < -0.39 is 0 Å². The van der Waals surface area contributed by atoms with Crippen LogP contribution in [0.2, 0.25) is 0 Å². The van der Waals surface area contributed by atoms with E-state index in [1.165, 1.54) is 57.3 Å². The van der Waals surface area contributed by atoms with Crippen LogP contribution in [0.1, 0.15) is 87.5 Å². The van der Waals surface area contributed by atoms with Gasteiger partial charge in [-0.05, 0) is 39.5 Å². The van der Waals surface area contributed by atoms with Gasteiger partial charge in [-0.1, -0.05) is 41.5 Å². The van der Waals surface area contributed by atoms with Gasteiger partial charge < -0.3 is 0 Å². The Morgan fingerprint density at radius 1 is 0.500 bits per heavy atom. The molecule has 0 aromatic carbocycles. The van der Waals surface area contributed by atoms with Crippen LogP contribution >= 0.6 is 34.0 Å². The Kier molecular flexibility index (Phi) is 10.6. The zero-order valence-electron chi connectivity index (χ0n) is 22.9. The Morgan fingerprint density at radius 2 is 0.889 bits per heavy atom. The highest BCUT2D eigenvalue weighted by Gasteiger charge is 2.20. The molecule has 6 rings (SSSR count). The van der Waals surface area contributed by atoms with Crippen molar-refractivity contribution in [1.82, 2.24) is 0 Å². The van der Waals surface area contributed by atoms with Crippen molar-refractivity contribution < 1.29 is 0 Å². The van der Waals surface area contributed by atoms with Crippen LogP contribution in [0, 0.1) is 13.8 Å². The largest absolute Gasteiger partial charge is 0.184 e. The van der Waals surface area contributed by atoms with Gasteiger partial charge in [0.1, 0.15) is 17.1 Å². The summed E-state index contributed by atoms with van der Waals surface area (Å²) in [6.45, 7) is 19.4. The number of aryl methyl sites for hydroxylation is 6. The van der Waals surface area contributed by atoms with Gasteiger partial charge in [-0.25, -0.2) is 0 Å². The molecule has 0 amide bonds. The number of azo groups is 3. The summed E-state index contributed by atoms with van der Waals surface area (Å²) in [7, 11) is 0. The molecule has 194 valence electrons. The monoisotopic (exact) mass is 542 g/mol. The summed E-state index contributed by atoms with van der Waals surface area (Å²) in [6.07, 6.45) is 4.42. The standard InChI is InChI=1S/2C9H12N2S.C7H8N2S.C2H6/c2*1-3-7-6-5-10-11-9(6)8(4-2)12-7;1-4-6-3-8-9-7(6)5(2)10-4;1-2/h2*3-5H2,1-2H3;3H2,1-2H3;1-2H3. The SMILES string of the molecule is CC.CCc1sc(CC)c2c1CN=N2.CCc1sc(CC)c2c1CN=N2.Cc1sc(C)c2c1CN=N2. The van der Waals surface area contributed by atoms with Gasteiger partial charge in [0.25, 0.3) is 0 Å². The highest BCUT2D eigenvalue weighted by molar-refractivity contribution is 7.13. The Bertz CT molecular complexity index is 1190. The van der Waals surface area contributed by atoms with Crippen LogP contribution in [0.5, 0.6) is 0 Å². The van der Waals surface area contributed by atoms with Gasteiger partial charge in [0.15, 0.2) is 0 Å². The van der Waals surface area contributed by atoms with Crippen LogP contribution in [0.4, 0.5) is 17.1 Å². The van der Waals surface area contributed by atoms with Gasteiger partial charge >= 0.3 is 0 Å². The first-order chi connectivity index (χ1) is 17.5. The fourth-order valence-electron chi connectivity index (χ4n) is 4.29. The maximum absolute atomic E-state index is 4.17. The van der Waals surface area contributed by atoms with E-state index in [0.717, 1.165) is 51.0 Å². The molecule has 6 nitrogen and oxygen atoms in total. The van der Waals surface area contributed by atoms with E-state index in [-0.39, 0.29) is 0 Å². The quantitative estimate of drug-likeness (QED) is 0.314. The number of fused-ring (bicyclic) bond motifs is 3. The molecule has 0 spiro atoms. The van der Waals surface area contributed by atoms with Gasteiger partial charge in [-0.3, -0.25) is 0 Å². The molecule has 3 aromatic rings. The summed E-state index contributed by atoms with van der Waals surface area (Å²) in [5.41, 5.74) is 7.60. The van der Waals surface area contributed by atoms with Crippen LogP contribution < -0.4 is 0 Å². The van der Waals surface area contributed by atoms with E-state index in [1.807, 2.05) is 47.9 Å². The van der Waals surface area contributed by atoms with Gasteiger partial charge in [0, 0.05) is 46.0 Å². The highest BCUT2D eigenvalue weighted by Crippen LogP contribution is 2.41. The number of rotatable bonds is 4. The molecule has 3 aliphatic heterocycles. The second-order valence-electron chi connectivity index (χ2n) is 8.21. The molecule has 0 saturated carbocycles. The first kappa shape index (κ1) is 28.5. The lowest BCUT2D eigenvalue weighted by atomic mass is 10.2. The molecule has 6 heterocycles. The van der Waals surface area contributed by atoms with E-state index in [0.29, 0.717) is 0 Å². The smallest absolute Gasteiger partial charge is 0.105 e. The zero-order chi connectivity index (χ0) is 26.2. The Labute approximate surface area is 227 Å². The average Bonchev–Trinajstić information content (AvgIpc) is 3.73. The maximum atomic E-state index is 4.17. The van der Waals surface area contributed by atoms with Crippen LogP contribution in [0.25, 0.3) is 0 Å². The van der Waals surface area contributed by atoms with Gasteiger partial charge in [0.2, 0.25) is 0 Å². The summed E-state index contributed by atoms with van der Waals surface area (Å²) in [6, 6.07) is 0. The topological polar surface area (TPSA) is 74.2 Å². The maximum Gasteiger partial charge on any atom is 0.105 e. The predicted molar refractivity (Wildman–Crippen MR) is 156 cm³/mol. The third-order valence-corrected chi connectivity index (χ3v) is 10.2.